The van der Waals surface area contributed by atoms with E-state index in [4.69, 9.17) is 0 Å². The van der Waals surface area contributed by atoms with Crippen molar-refractivity contribution in [3.05, 3.63) is 51.7 Å². The maximum absolute atomic E-state index is 12.9. The van der Waals surface area contributed by atoms with Crippen LogP contribution in [0.5, 0.6) is 0 Å². The fourth-order valence-electron chi connectivity index (χ4n) is 2.79. The molecule has 1 atom stereocenters. The molecule has 3 rings (SSSR count). The summed E-state index contributed by atoms with van der Waals surface area (Å²) in [7, 11) is -3.59. The maximum Gasteiger partial charge on any atom is 0.261 e. The molecular weight excluding hydrogens is 356 g/mol. The first-order valence-electron chi connectivity index (χ1n) is 8.38. The van der Waals surface area contributed by atoms with E-state index in [1.807, 2.05) is 38.1 Å². The van der Waals surface area contributed by atoms with Crippen LogP contribution < -0.4 is 5.32 Å². The SMILES string of the molecule is CC[C@@H](C)NC(=O)c1cc(S(=O)(=O)N2CCc3ccccc3C2)cs1. The van der Waals surface area contributed by atoms with Gasteiger partial charge < -0.3 is 5.32 Å². The van der Waals surface area contributed by atoms with E-state index >= 15 is 0 Å². The van der Waals surface area contributed by atoms with Crippen LogP contribution in [-0.2, 0) is 23.0 Å². The van der Waals surface area contributed by atoms with Crippen molar-refractivity contribution in [1.82, 2.24) is 9.62 Å². The highest BCUT2D eigenvalue weighted by Gasteiger charge is 2.29. The molecule has 0 bridgehead atoms. The lowest BCUT2D eigenvalue weighted by Gasteiger charge is -2.27. The van der Waals surface area contributed by atoms with Crippen LogP contribution in [0, 0.1) is 0 Å². The van der Waals surface area contributed by atoms with Crippen LogP contribution in [0.1, 0.15) is 41.1 Å². The first kappa shape index (κ1) is 18.1. The number of hydrogen-bond donors (Lipinski definition) is 1. The van der Waals surface area contributed by atoms with Gasteiger partial charge in [0, 0.05) is 24.5 Å². The van der Waals surface area contributed by atoms with Crippen LogP contribution in [-0.4, -0.2) is 31.2 Å². The van der Waals surface area contributed by atoms with E-state index in [2.05, 4.69) is 5.32 Å². The number of amides is 1. The van der Waals surface area contributed by atoms with Crippen molar-refractivity contribution in [3.8, 4) is 0 Å². The quantitative estimate of drug-likeness (QED) is 0.870. The normalized spacial score (nSPS) is 16.2. The summed E-state index contributed by atoms with van der Waals surface area (Å²) in [6, 6.07) is 9.46. The average Bonchev–Trinajstić information content (AvgIpc) is 3.12. The van der Waals surface area contributed by atoms with Gasteiger partial charge in [0.15, 0.2) is 0 Å². The Kier molecular flexibility index (Phi) is 5.27. The fraction of sp³-hybridized carbons (Fsp3) is 0.389. The highest BCUT2D eigenvalue weighted by Crippen LogP contribution is 2.27. The zero-order valence-corrected chi connectivity index (χ0v) is 16.0. The van der Waals surface area contributed by atoms with Crippen LogP contribution in [0.2, 0.25) is 0 Å². The minimum absolute atomic E-state index is 0.0632. The van der Waals surface area contributed by atoms with E-state index < -0.39 is 10.0 Å². The first-order chi connectivity index (χ1) is 11.9. The van der Waals surface area contributed by atoms with Crippen molar-refractivity contribution in [2.75, 3.05) is 6.54 Å². The largest absolute Gasteiger partial charge is 0.349 e. The van der Waals surface area contributed by atoms with Gasteiger partial charge in [-0.25, -0.2) is 8.42 Å². The molecule has 2 aromatic rings. The Bertz CT molecular complexity index is 874. The molecule has 0 unspecified atom stereocenters. The molecule has 2 heterocycles. The zero-order valence-electron chi connectivity index (χ0n) is 14.4. The number of rotatable bonds is 5. The highest BCUT2D eigenvalue weighted by atomic mass is 32.2. The molecule has 1 aromatic carbocycles. The van der Waals surface area contributed by atoms with Crippen LogP contribution in [0.4, 0.5) is 0 Å². The summed E-state index contributed by atoms with van der Waals surface area (Å²) < 4.78 is 27.3. The number of sulfonamides is 1. The van der Waals surface area contributed by atoms with E-state index in [1.54, 1.807) is 5.38 Å². The number of carbonyl (C=O) groups excluding carboxylic acids is 1. The molecule has 7 heteroatoms. The average molecular weight is 379 g/mol. The van der Waals surface area contributed by atoms with Crippen molar-refractivity contribution in [2.24, 2.45) is 0 Å². The fourth-order valence-corrected chi connectivity index (χ4v) is 5.38. The number of nitrogens with zero attached hydrogens (tertiary/aromatic N) is 1. The third kappa shape index (κ3) is 3.78. The summed E-state index contributed by atoms with van der Waals surface area (Å²) in [6.07, 6.45) is 1.54. The molecule has 0 aliphatic carbocycles. The van der Waals surface area contributed by atoms with Crippen LogP contribution >= 0.6 is 11.3 Å². The molecule has 0 saturated heterocycles. The second kappa shape index (κ2) is 7.27. The molecule has 0 radical (unpaired) electrons. The molecule has 25 heavy (non-hydrogen) atoms. The van der Waals surface area contributed by atoms with Crippen molar-refractivity contribution in [3.63, 3.8) is 0 Å². The maximum atomic E-state index is 12.9. The number of hydrogen-bond acceptors (Lipinski definition) is 4. The third-order valence-electron chi connectivity index (χ3n) is 4.52. The topological polar surface area (TPSA) is 66.5 Å². The molecule has 134 valence electrons. The lowest BCUT2D eigenvalue weighted by molar-refractivity contribution is 0.0943. The summed E-state index contributed by atoms with van der Waals surface area (Å²) in [6.45, 7) is 4.75. The molecular formula is C18H22N2O3S2. The molecule has 1 aromatic heterocycles. The van der Waals surface area contributed by atoms with Gasteiger partial charge in [-0.05, 0) is 37.0 Å². The van der Waals surface area contributed by atoms with E-state index in [1.165, 1.54) is 27.3 Å². The smallest absolute Gasteiger partial charge is 0.261 e. The number of carbonyl (C=O) groups is 1. The Morgan fingerprint density at radius 3 is 2.76 bits per heavy atom. The van der Waals surface area contributed by atoms with Gasteiger partial charge in [-0.1, -0.05) is 31.2 Å². The molecule has 1 aliphatic rings. The summed E-state index contributed by atoms with van der Waals surface area (Å²) in [5.74, 6) is -0.218. The monoisotopic (exact) mass is 378 g/mol. The van der Waals surface area contributed by atoms with Crippen molar-refractivity contribution < 1.29 is 13.2 Å². The van der Waals surface area contributed by atoms with E-state index in [0.29, 0.717) is 24.4 Å². The molecule has 1 aliphatic heterocycles. The third-order valence-corrected chi connectivity index (χ3v) is 7.42. The summed E-state index contributed by atoms with van der Waals surface area (Å²) >= 11 is 1.17. The van der Waals surface area contributed by atoms with Gasteiger partial charge in [0.05, 0.1) is 9.77 Å². The Labute approximate surface area is 152 Å². The minimum atomic E-state index is -3.59. The summed E-state index contributed by atoms with van der Waals surface area (Å²) in [5, 5.41) is 4.42. The number of nitrogens with one attached hydrogen (secondary N) is 1. The van der Waals surface area contributed by atoms with Gasteiger partial charge in [0.1, 0.15) is 0 Å². The second-order valence-corrected chi connectivity index (χ2v) is 9.14. The molecule has 1 amide bonds. The number of fused-ring (bicyclic) bond motifs is 1. The Morgan fingerprint density at radius 2 is 2.04 bits per heavy atom. The van der Waals surface area contributed by atoms with Gasteiger partial charge in [-0.3, -0.25) is 4.79 Å². The Morgan fingerprint density at radius 1 is 1.32 bits per heavy atom. The highest BCUT2D eigenvalue weighted by molar-refractivity contribution is 7.89. The van der Waals surface area contributed by atoms with Crippen molar-refractivity contribution >= 4 is 27.3 Å². The zero-order chi connectivity index (χ0) is 18.0. The predicted molar refractivity (Wildman–Crippen MR) is 99.3 cm³/mol. The van der Waals surface area contributed by atoms with Gasteiger partial charge in [-0.2, -0.15) is 4.31 Å². The standard InChI is InChI=1S/C18H22N2O3S2/c1-3-13(2)19-18(21)17-10-16(12-24-17)25(22,23)20-9-8-14-6-4-5-7-15(14)11-20/h4-7,10,12-13H,3,8-9,11H2,1-2H3,(H,19,21)/t13-/m1/s1. The minimum Gasteiger partial charge on any atom is -0.349 e. The molecule has 1 N–H and O–H groups in total. The van der Waals surface area contributed by atoms with Crippen LogP contribution in [0.3, 0.4) is 0 Å². The number of thiophene rings is 1. The van der Waals surface area contributed by atoms with Gasteiger partial charge in [0.25, 0.3) is 5.91 Å². The van der Waals surface area contributed by atoms with Crippen molar-refractivity contribution in [2.45, 2.75) is 44.2 Å². The lowest BCUT2D eigenvalue weighted by atomic mass is 10.0. The molecule has 0 spiro atoms. The van der Waals surface area contributed by atoms with Crippen LogP contribution in [0.15, 0.2) is 40.6 Å². The summed E-state index contributed by atoms with van der Waals surface area (Å²) in [4.78, 5) is 12.8. The first-order valence-corrected chi connectivity index (χ1v) is 10.7. The van der Waals surface area contributed by atoms with Gasteiger partial charge in [0.2, 0.25) is 10.0 Å². The van der Waals surface area contributed by atoms with E-state index in [-0.39, 0.29) is 16.8 Å². The molecule has 5 nitrogen and oxygen atoms in total. The second-order valence-electron chi connectivity index (χ2n) is 6.29. The van der Waals surface area contributed by atoms with E-state index in [9.17, 15) is 13.2 Å². The van der Waals surface area contributed by atoms with Crippen LogP contribution in [0.25, 0.3) is 0 Å². The summed E-state index contributed by atoms with van der Waals surface area (Å²) in [5.41, 5.74) is 2.25. The Balaban J connectivity index is 1.79. The molecule has 0 fully saturated rings. The van der Waals surface area contributed by atoms with E-state index in [0.717, 1.165) is 12.0 Å². The van der Waals surface area contributed by atoms with Gasteiger partial charge in [-0.15, -0.1) is 11.3 Å². The van der Waals surface area contributed by atoms with Gasteiger partial charge >= 0.3 is 0 Å². The predicted octanol–water partition coefficient (Wildman–Crippen LogP) is 3.02. The molecule has 0 saturated carbocycles. The Hall–Kier alpha value is -1.70. The van der Waals surface area contributed by atoms with Crippen molar-refractivity contribution in [1.29, 1.82) is 0 Å². The lowest BCUT2D eigenvalue weighted by Crippen LogP contribution is -2.35. The number of benzene rings is 1.